The van der Waals surface area contributed by atoms with Crippen LogP contribution in [-0.4, -0.2) is 27.9 Å². The molecule has 0 aliphatic carbocycles. The van der Waals surface area contributed by atoms with Gasteiger partial charge in [0.25, 0.3) is 5.91 Å². The highest BCUT2D eigenvalue weighted by Crippen LogP contribution is 2.28. The van der Waals surface area contributed by atoms with Crippen LogP contribution >= 0.6 is 11.3 Å². The van der Waals surface area contributed by atoms with E-state index in [1.165, 1.54) is 17.7 Å². The van der Waals surface area contributed by atoms with E-state index in [-0.39, 0.29) is 5.56 Å². The van der Waals surface area contributed by atoms with E-state index in [1.54, 1.807) is 25.1 Å². The number of benzene rings is 3. The molecule has 1 unspecified atom stereocenters. The van der Waals surface area contributed by atoms with Crippen molar-refractivity contribution in [3.63, 3.8) is 0 Å². The number of hydrogen-bond donors (Lipinski definition) is 1. The van der Waals surface area contributed by atoms with E-state index < -0.39 is 18.0 Å². The minimum atomic E-state index is -0.965. The fraction of sp³-hybridized carbons (Fsp3) is 0.120. The number of nitrogens with zero attached hydrogens (tertiary/aromatic N) is 2. The van der Waals surface area contributed by atoms with Crippen LogP contribution in [0.4, 0.5) is 5.13 Å². The van der Waals surface area contributed by atoms with Crippen molar-refractivity contribution in [3.8, 4) is 11.3 Å². The van der Waals surface area contributed by atoms with Crippen molar-refractivity contribution in [1.29, 1.82) is 0 Å². The number of oxazole rings is 1. The summed E-state index contributed by atoms with van der Waals surface area (Å²) in [6, 6.07) is 19.2. The van der Waals surface area contributed by atoms with Crippen molar-refractivity contribution in [2.45, 2.75) is 19.4 Å². The molecule has 2 heterocycles. The van der Waals surface area contributed by atoms with Gasteiger partial charge < -0.3 is 9.15 Å². The van der Waals surface area contributed by atoms with Gasteiger partial charge in [-0.3, -0.25) is 10.1 Å². The lowest BCUT2D eigenvalue weighted by Crippen LogP contribution is -2.32. The van der Waals surface area contributed by atoms with Crippen molar-refractivity contribution >= 4 is 50.2 Å². The quantitative estimate of drug-likeness (QED) is 0.330. The Labute approximate surface area is 193 Å². The summed E-state index contributed by atoms with van der Waals surface area (Å²) >= 11 is 1.32. The maximum absolute atomic E-state index is 12.8. The lowest BCUT2D eigenvalue weighted by molar-refractivity contribution is -0.124. The molecular weight excluding hydrogens is 438 g/mol. The van der Waals surface area contributed by atoms with Crippen LogP contribution in [0.2, 0.25) is 0 Å². The Hall–Kier alpha value is -4.04. The summed E-state index contributed by atoms with van der Waals surface area (Å²) in [5.41, 5.74) is 2.86. The van der Waals surface area contributed by atoms with Crippen molar-refractivity contribution in [1.82, 2.24) is 9.97 Å². The van der Waals surface area contributed by atoms with E-state index in [1.807, 2.05) is 35.7 Å². The van der Waals surface area contributed by atoms with Crippen LogP contribution in [-0.2, 0) is 9.53 Å². The maximum Gasteiger partial charge on any atom is 0.341 e. The minimum absolute atomic E-state index is 0.250. The molecule has 0 aliphatic rings. The van der Waals surface area contributed by atoms with Crippen LogP contribution in [0.1, 0.15) is 23.7 Å². The van der Waals surface area contributed by atoms with Crippen LogP contribution < -0.4 is 5.32 Å². The summed E-state index contributed by atoms with van der Waals surface area (Å²) in [6.07, 6.45) is 0.615. The van der Waals surface area contributed by atoms with Gasteiger partial charge in [-0.25, -0.2) is 14.8 Å². The number of carbonyl (C=O) groups is 2. The second kappa shape index (κ2) is 8.84. The molecule has 3 aromatic carbocycles. The van der Waals surface area contributed by atoms with Gasteiger partial charge in [0.15, 0.2) is 23.2 Å². The maximum atomic E-state index is 12.8. The summed E-state index contributed by atoms with van der Waals surface area (Å²) in [6.45, 7) is 1.77. The van der Waals surface area contributed by atoms with Gasteiger partial charge in [0.1, 0.15) is 5.52 Å². The highest BCUT2D eigenvalue weighted by molar-refractivity contribution is 7.14. The fourth-order valence-electron chi connectivity index (χ4n) is 3.56. The van der Waals surface area contributed by atoms with Crippen molar-refractivity contribution < 1.29 is 18.7 Å². The zero-order valence-corrected chi connectivity index (χ0v) is 18.5. The number of ether oxygens (including phenoxy) is 1. The zero-order chi connectivity index (χ0) is 22.8. The molecule has 7 nitrogen and oxygen atoms in total. The average Bonchev–Trinajstić information content (AvgIpc) is 3.51. The standard InChI is InChI=1S/C25H19N3O4S/c1-2-20(32-24(30)18-8-5-9-21-22(18)26-14-31-21)23(29)28-25-27-19(13-33-25)17-11-10-15-6-3-4-7-16(15)12-17/h3-14,20H,2H2,1H3,(H,27,28,29). The molecule has 0 aliphatic heterocycles. The largest absolute Gasteiger partial charge is 0.449 e. The number of hydrogen-bond acceptors (Lipinski definition) is 7. The van der Waals surface area contributed by atoms with E-state index in [4.69, 9.17) is 9.15 Å². The number of nitrogens with one attached hydrogen (secondary N) is 1. The average molecular weight is 458 g/mol. The number of aromatic nitrogens is 2. The number of anilines is 1. The molecule has 1 N–H and O–H groups in total. The normalized spacial score (nSPS) is 12.0. The van der Waals surface area contributed by atoms with Gasteiger partial charge in [0.2, 0.25) is 0 Å². The van der Waals surface area contributed by atoms with Crippen molar-refractivity contribution in [2.75, 3.05) is 5.32 Å². The van der Waals surface area contributed by atoms with Gasteiger partial charge in [-0.2, -0.15) is 0 Å². The van der Waals surface area contributed by atoms with E-state index in [9.17, 15) is 9.59 Å². The molecule has 0 saturated carbocycles. The molecular formula is C25H19N3O4S. The molecule has 0 bridgehead atoms. The lowest BCUT2D eigenvalue weighted by Gasteiger charge is -2.15. The third-order valence-corrected chi connectivity index (χ3v) is 6.03. The molecule has 0 saturated heterocycles. The minimum Gasteiger partial charge on any atom is -0.449 e. The van der Waals surface area contributed by atoms with Crippen LogP contribution in [0.3, 0.4) is 0 Å². The lowest BCUT2D eigenvalue weighted by atomic mass is 10.1. The second-order valence-electron chi connectivity index (χ2n) is 7.40. The molecule has 0 radical (unpaired) electrons. The Morgan fingerprint density at radius 1 is 1.09 bits per heavy atom. The molecule has 5 rings (SSSR count). The number of esters is 1. The van der Waals surface area contributed by atoms with Crippen LogP contribution in [0.5, 0.6) is 0 Å². The molecule has 1 amide bonds. The summed E-state index contributed by atoms with van der Waals surface area (Å²) in [5, 5.41) is 7.37. The summed E-state index contributed by atoms with van der Waals surface area (Å²) in [5.74, 6) is -1.06. The third kappa shape index (κ3) is 4.20. The van der Waals surface area contributed by atoms with Gasteiger partial charge in [-0.15, -0.1) is 11.3 Å². The Morgan fingerprint density at radius 3 is 2.79 bits per heavy atom. The Bertz CT molecular complexity index is 1470. The fourth-order valence-corrected chi connectivity index (χ4v) is 4.29. The number of amides is 1. The van der Waals surface area contributed by atoms with Crippen LogP contribution in [0.25, 0.3) is 33.1 Å². The topological polar surface area (TPSA) is 94.3 Å². The summed E-state index contributed by atoms with van der Waals surface area (Å²) in [4.78, 5) is 34.1. The molecule has 5 aromatic rings. The first-order valence-electron chi connectivity index (χ1n) is 10.4. The van der Waals surface area contributed by atoms with E-state index in [0.29, 0.717) is 22.7 Å². The highest BCUT2D eigenvalue weighted by Gasteiger charge is 2.24. The van der Waals surface area contributed by atoms with E-state index in [0.717, 1.165) is 22.0 Å². The van der Waals surface area contributed by atoms with Crippen molar-refractivity contribution in [3.05, 3.63) is 78.0 Å². The first kappa shape index (κ1) is 20.8. The Kier molecular flexibility index (Phi) is 5.58. The predicted molar refractivity (Wildman–Crippen MR) is 127 cm³/mol. The number of rotatable bonds is 6. The molecule has 0 fully saturated rings. The van der Waals surface area contributed by atoms with Crippen molar-refractivity contribution in [2.24, 2.45) is 0 Å². The smallest absolute Gasteiger partial charge is 0.341 e. The summed E-state index contributed by atoms with van der Waals surface area (Å²) < 4.78 is 10.7. The number of carbonyl (C=O) groups excluding carboxylic acids is 2. The molecule has 164 valence electrons. The van der Waals surface area contributed by atoms with Gasteiger partial charge in [-0.05, 0) is 35.4 Å². The first-order chi connectivity index (χ1) is 16.1. The highest BCUT2D eigenvalue weighted by atomic mass is 32.1. The number of thiazole rings is 1. The van der Waals surface area contributed by atoms with Gasteiger partial charge in [-0.1, -0.05) is 49.4 Å². The molecule has 0 spiro atoms. The molecule has 33 heavy (non-hydrogen) atoms. The van der Waals surface area contributed by atoms with Gasteiger partial charge in [0, 0.05) is 10.9 Å². The molecule has 2 aromatic heterocycles. The Balaban J connectivity index is 1.29. The van der Waals surface area contributed by atoms with Gasteiger partial charge in [0.05, 0.1) is 11.3 Å². The summed E-state index contributed by atoms with van der Waals surface area (Å²) in [7, 11) is 0. The second-order valence-corrected chi connectivity index (χ2v) is 8.25. The predicted octanol–water partition coefficient (Wildman–Crippen LogP) is 5.68. The van der Waals surface area contributed by atoms with Crippen LogP contribution in [0, 0.1) is 0 Å². The Morgan fingerprint density at radius 2 is 1.94 bits per heavy atom. The molecule has 8 heteroatoms. The molecule has 1 atom stereocenters. The van der Waals surface area contributed by atoms with E-state index >= 15 is 0 Å². The first-order valence-corrected chi connectivity index (χ1v) is 11.3. The zero-order valence-electron chi connectivity index (χ0n) is 17.6. The number of fused-ring (bicyclic) bond motifs is 2. The van der Waals surface area contributed by atoms with Gasteiger partial charge >= 0.3 is 5.97 Å². The van der Waals surface area contributed by atoms with E-state index in [2.05, 4.69) is 27.4 Å². The number of para-hydroxylation sites is 1. The van der Waals surface area contributed by atoms with Crippen LogP contribution in [0.15, 0.2) is 76.9 Å². The monoisotopic (exact) mass is 457 g/mol. The third-order valence-electron chi connectivity index (χ3n) is 5.27. The SMILES string of the molecule is CCC(OC(=O)c1cccc2ocnc12)C(=O)Nc1nc(-c2ccc3ccccc3c2)cs1.